The third-order valence-corrected chi connectivity index (χ3v) is 4.69. The lowest BCUT2D eigenvalue weighted by molar-refractivity contribution is -0.307. The van der Waals surface area contributed by atoms with Gasteiger partial charge in [0, 0.05) is 28.8 Å². The fourth-order valence-corrected chi connectivity index (χ4v) is 3.61. The zero-order valence-electron chi connectivity index (χ0n) is 12.6. The van der Waals surface area contributed by atoms with E-state index >= 15 is 0 Å². The molecule has 0 amide bonds. The number of hydrogen-bond donors (Lipinski definition) is 0. The van der Waals surface area contributed by atoms with Crippen molar-refractivity contribution in [3.05, 3.63) is 64.1 Å². The predicted molar refractivity (Wildman–Crippen MR) is 94.9 cm³/mol. The molecular formula is C18H13BrNO3S-. The Bertz CT molecular complexity index is 820. The number of halogens is 1. The number of aliphatic carboxylic acids is 1. The Labute approximate surface area is 153 Å². The highest BCUT2D eigenvalue weighted by Crippen LogP contribution is 2.49. The van der Waals surface area contributed by atoms with Crippen LogP contribution in [0, 0.1) is 0 Å². The lowest BCUT2D eigenvalue weighted by Crippen LogP contribution is -2.39. The summed E-state index contributed by atoms with van der Waals surface area (Å²) >= 11 is 8.20. The minimum Gasteiger partial charge on any atom is -0.550 e. The van der Waals surface area contributed by atoms with Crippen molar-refractivity contribution in [3.8, 4) is 5.75 Å². The molecule has 0 fully saturated rings. The van der Waals surface area contributed by atoms with Crippen molar-refractivity contribution in [2.45, 2.75) is 24.5 Å². The number of isothiocyanates is 1. The molecule has 0 aromatic heterocycles. The first kappa shape index (κ1) is 16.8. The summed E-state index contributed by atoms with van der Waals surface area (Å²) in [6.45, 7) is 0. The van der Waals surface area contributed by atoms with Gasteiger partial charge in [-0.25, -0.2) is 4.99 Å². The standard InChI is InChI=1S/C18H14BrNO3S/c19-13-6-7-15-14(8-13)18(20-11-24,10-17(21)22)9-16(23-15)12-4-2-1-3-5-12/h1-8,16H,9-10H2,(H,21,22)/p-1. The first-order chi connectivity index (χ1) is 11.5. The van der Waals surface area contributed by atoms with Crippen LogP contribution in [0.4, 0.5) is 0 Å². The Balaban J connectivity index is 2.16. The number of carboxylic acid groups (broad SMARTS) is 1. The third-order valence-electron chi connectivity index (χ3n) is 4.10. The van der Waals surface area contributed by atoms with E-state index in [-0.39, 0.29) is 12.5 Å². The number of nitrogens with zero attached hydrogens (tertiary/aromatic N) is 1. The molecule has 0 aliphatic carbocycles. The van der Waals surface area contributed by atoms with Crippen molar-refractivity contribution in [1.82, 2.24) is 0 Å². The van der Waals surface area contributed by atoms with Crippen LogP contribution in [0.1, 0.15) is 30.1 Å². The maximum Gasteiger partial charge on any atom is 0.126 e. The van der Waals surface area contributed by atoms with Crippen LogP contribution in [0.3, 0.4) is 0 Å². The summed E-state index contributed by atoms with van der Waals surface area (Å²) in [6, 6.07) is 15.1. The molecule has 1 aliphatic rings. The molecule has 2 unspecified atom stereocenters. The van der Waals surface area contributed by atoms with Crippen LogP contribution in [0.2, 0.25) is 0 Å². The van der Waals surface area contributed by atoms with Crippen molar-refractivity contribution in [3.63, 3.8) is 0 Å². The highest BCUT2D eigenvalue weighted by atomic mass is 79.9. The van der Waals surface area contributed by atoms with Crippen LogP contribution in [0.5, 0.6) is 5.75 Å². The van der Waals surface area contributed by atoms with Crippen LogP contribution >= 0.6 is 28.1 Å². The molecule has 0 N–H and O–H groups in total. The number of thiocarbonyl (C=S) groups is 1. The van der Waals surface area contributed by atoms with Gasteiger partial charge in [-0.15, -0.1) is 0 Å². The maximum atomic E-state index is 11.4. The Morgan fingerprint density at radius 1 is 1.38 bits per heavy atom. The Kier molecular flexibility index (Phi) is 4.81. The minimum atomic E-state index is -1.19. The number of carboxylic acids is 1. The third kappa shape index (κ3) is 3.26. The molecule has 1 heterocycles. The van der Waals surface area contributed by atoms with Gasteiger partial charge in [-0.2, -0.15) is 0 Å². The molecule has 0 radical (unpaired) electrons. The summed E-state index contributed by atoms with van der Waals surface area (Å²) in [6.07, 6.45) is -0.267. The molecular weight excluding hydrogens is 390 g/mol. The fourth-order valence-electron chi connectivity index (χ4n) is 3.07. The van der Waals surface area contributed by atoms with E-state index in [0.717, 1.165) is 10.0 Å². The van der Waals surface area contributed by atoms with Crippen molar-refractivity contribution in [2.24, 2.45) is 4.99 Å². The second kappa shape index (κ2) is 6.85. The molecule has 4 nitrogen and oxygen atoms in total. The Morgan fingerprint density at radius 2 is 2.12 bits per heavy atom. The molecule has 0 bridgehead atoms. The maximum absolute atomic E-state index is 11.4. The minimum absolute atomic E-state index is 0.285. The number of ether oxygens (including phenoxy) is 1. The van der Waals surface area contributed by atoms with Gasteiger partial charge in [-0.3, -0.25) is 0 Å². The highest BCUT2D eigenvalue weighted by molar-refractivity contribution is 9.10. The van der Waals surface area contributed by atoms with Crippen molar-refractivity contribution in [1.29, 1.82) is 0 Å². The van der Waals surface area contributed by atoms with Crippen LogP contribution in [-0.4, -0.2) is 11.1 Å². The first-order valence-corrected chi connectivity index (χ1v) is 8.55. The van der Waals surface area contributed by atoms with Crippen LogP contribution in [0.25, 0.3) is 0 Å². The van der Waals surface area contributed by atoms with Gasteiger partial charge in [0.25, 0.3) is 0 Å². The van der Waals surface area contributed by atoms with Gasteiger partial charge in [-0.05, 0) is 36.0 Å². The fraction of sp³-hybridized carbons (Fsp3) is 0.222. The zero-order chi connectivity index (χ0) is 17.2. The smallest absolute Gasteiger partial charge is 0.126 e. The van der Waals surface area contributed by atoms with Gasteiger partial charge in [0.05, 0.1) is 5.16 Å². The van der Waals surface area contributed by atoms with E-state index in [1.54, 1.807) is 6.07 Å². The summed E-state index contributed by atoms with van der Waals surface area (Å²) in [5.74, 6) is -0.600. The monoisotopic (exact) mass is 402 g/mol. The van der Waals surface area contributed by atoms with Crippen LogP contribution in [0.15, 0.2) is 58.0 Å². The molecule has 2 aromatic rings. The Hall–Kier alpha value is -2.01. The molecule has 0 saturated heterocycles. The summed E-state index contributed by atoms with van der Waals surface area (Å²) in [5.41, 5.74) is 0.567. The summed E-state index contributed by atoms with van der Waals surface area (Å²) in [5, 5.41) is 13.8. The highest BCUT2D eigenvalue weighted by Gasteiger charge is 2.42. The van der Waals surface area contributed by atoms with Gasteiger partial charge in [-0.1, -0.05) is 46.3 Å². The van der Waals surface area contributed by atoms with Gasteiger partial charge in [0.15, 0.2) is 0 Å². The molecule has 122 valence electrons. The average Bonchev–Trinajstić information content (AvgIpc) is 2.56. The first-order valence-electron chi connectivity index (χ1n) is 7.34. The van der Waals surface area contributed by atoms with E-state index in [0.29, 0.717) is 17.7 Å². The van der Waals surface area contributed by atoms with Crippen molar-refractivity contribution in [2.75, 3.05) is 0 Å². The SMILES string of the molecule is O=C([O-])CC1(N=C=S)CC(c2ccccc2)Oc2ccc(Br)cc21. The number of fused-ring (bicyclic) bond motifs is 1. The van der Waals surface area contributed by atoms with E-state index in [1.165, 1.54) is 0 Å². The van der Waals surface area contributed by atoms with E-state index < -0.39 is 11.5 Å². The molecule has 3 rings (SSSR count). The molecule has 1 aliphatic heterocycles. The number of benzene rings is 2. The quantitative estimate of drug-likeness (QED) is 0.580. The molecule has 2 aromatic carbocycles. The molecule has 2 atom stereocenters. The number of carbonyl (C=O) groups excluding carboxylic acids is 1. The van der Waals surface area contributed by atoms with Gasteiger partial charge in [0.2, 0.25) is 0 Å². The number of rotatable bonds is 4. The molecule has 0 spiro atoms. The lowest BCUT2D eigenvalue weighted by atomic mass is 9.78. The average molecular weight is 403 g/mol. The molecule has 6 heteroatoms. The van der Waals surface area contributed by atoms with Crippen molar-refractivity contribution >= 4 is 39.3 Å². The summed E-state index contributed by atoms with van der Waals surface area (Å²) in [4.78, 5) is 15.7. The second-order valence-corrected chi connectivity index (χ2v) is 6.74. The number of carbonyl (C=O) groups is 1. The number of hydrogen-bond acceptors (Lipinski definition) is 5. The van der Waals surface area contributed by atoms with Crippen LogP contribution in [-0.2, 0) is 10.3 Å². The topological polar surface area (TPSA) is 61.7 Å². The predicted octanol–water partition coefficient (Wildman–Crippen LogP) is 3.41. The van der Waals surface area contributed by atoms with Crippen molar-refractivity contribution < 1.29 is 14.6 Å². The van der Waals surface area contributed by atoms with E-state index in [1.807, 2.05) is 42.5 Å². The Morgan fingerprint density at radius 3 is 2.79 bits per heavy atom. The molecule has 0 saturated carbocycles. The van der Waals surface area contributed by atoms with Gasteiger partial charge in [0.1, 0.15) is 17.4 Å². The van der Waals surface area contributed by atoms with E-state index in [2.05, 4.69) is 26.1 Å². The molecule has 24 heavy (non-hydrogen) atoms. The second-order valence-electron chi connectivity index (χ2n) is 5.65. The zero-order valence-corrected chi connectivity index (χ0v) is 15.0. The van der Waals surface area contributed by atoms with Gasteiger partial charge < -0.3 is 14.6 Å². The largest absolute Gasteiger partial charge is 0.550 e. The summed E-state index contributed by atoms with van der Waals surface area (Å²) < 4.78 is 6.91. The van der Waals surface area contributed by atoms with E-state index in [4.69, 9.17) is 17.0 Å². The number of aliphatic imine (C=N–C) groups is 1. The van der Waals surface area contributed by atoms with Gasteiger partial charge >= 0.3 is 0 Å². The van der Waals surface area contributed by atoms with Crippen LogP contribution < -0.4 is 9.84 Å². The van der Waals surface area contributed by atoms with E-state index in [9.17, 15) is 9.90 Å². The lowest BCUT2D eigenvalue weighted by Gasteiger charge is -2.39. The normalized spacial score (nSPS) is 22.0. The summed E-state index contributed by atoms with van der Waals surface area (Å²) in [7, 11) is 0.